The van der Waals surface area contributed by atoms with Crippen LogP contribution in [-0.4, -0.2) is 82.9 Å². The Kier molecular flexibility index (Phi) is 11.0. The molecule has 1 aliphatic carbocycles. The number of ether oxygens (including phenoxy) is 1. The SMILES string of the molecule is CC(C)NC1CCc2nc(N3CCOCC3)ncc2C1.O=C(O)C(F)(F)F.O=C(O)C(F)(F)F. The number of aromatic nitrogens is 2. The molecule has 1 fully saturated rings. The number of fused-ring (bicyclic) bond motifs is 1. The van der Waals surface area contributed by atoms with Crippen molar-refractivity contribution in [1.82, 2.24) is 15.3 Å². The second kappa shape index (κ2) is 12.7. The molecule has 34 heavy (non-hydrogen) atoms. The van der Waals surface area contributed by atoms with E-state index in [-0.39, 0.29) is 0 Å². The first-order valence-electron chi connectivity index (χ1n) is 10.1. The number of carboxylic acid groups (broad SMARTS) is 2. The summed E-state index contributed by atoms with van der Waals surface area (Å²) in [5, 5.41) is 17.9. The van der Waals surface area contributed by atoms with E-state index >= 15 is 0 Å². The van der Waals surface area contributed by atoms with Gasteiger partial charge in [-0.25, -0.2) is 19.6 Å². The summed E-state index contributed by atoms with van der Waals surface area (Å²) in [6.07, 6.45) is -4.86. The standard InChI is InChI=1S/C15H24N4O.2C2HF3O2/c1-11(2)17-13-3-4-14-12(9-13)10-16-15(18-14)19-5-7-20-8-6-19;2*3-2(4,5)1(6)7/h10-11,13,17H,3-9H2,1-2H3;2*(H,6,7). The molecular formula is C19H26F6N4O5. The Hall–Kier alpha value is -2.68. The number of aryl methyl sites for hydroxylation is 1. The average molecular weight is 504 g/mol. The predicted molar refractivity (Wildman–Crippen MR) is 107 cm³/mol. The summed E-state index contributed by atoms with van der Waals surface area (Å²) in [6, 6.07) is 1.11. The molecule has 3 N–H and O–H groups in total. The van der Waals surface area contributed by atoms with E-state index in [9.17, 15) is 26.3 Å². The Morgan fingerprint density at radius 1 is 1.09 bits per heavy atom. The number of rotatable bonds is 3. The Balaban J connectivity index is 0.000000343. The smallest absolute Gasteiger partial charge is 0.475 e. The van der Waals surface area contributed by atoms with Gasteiger partial charge in [0.25, 0.3) is 0 Å². The van der Waals surface area contributed by atoms with Gasteiger partial charge in [-0.3, -0.25) is 0 Å². The molecule has 0 amide bonds. The van der Waals surface area contributed by atoms with Crippen molar-refractivity contribution in [1.29, 1.82) is 0 Å². The van der Waals surface area contributed by atoms with Crippen LogP contribution in [0.1, 0.15) is 31.5 Å². The van der Waals surface area contributed by atoms with Gasteiger partial charge in [-0.1, -0.05) is 13.8 Å². The lowest BCUT2D eigenvalue weighted by molar-refractivity contribution is -0.193. The number of nitrogens with one attached hydrogen (secondary N) is 1. The number of carboxylic acids is 2. The minimum absolute atomic E-state index is 0.537. The van der Waals surface area contributed by atoms with Crippen LogP contribution in [-0.2, 0) is 27.2 Å². The summed E-state index contributed by atoms with van der Waals surface area (Å²) in [5.74, 6) is -4.64. The summed E-state index contributed by atoms with van der Waals surface area (Å²) >= 11 is 0. The molecule has 9 nitrogen and oxygen atoms in total. The van der Waals surface area contributed by atoms with E-state index in [0.29, 0.717) is 12.1 Å². The van der Waals surface area contributed by atoms with Gasteiger partial charge < -0.3 is 25.2 Å². The van der Waals surface area contributed by atoms with E-state index < -0.39 is 24.3 Å². The van der Waals surface area contributed by atoms with E-state index in [2.05, 4.69) is 29.0 Å². The number of halogens is 6. The molecule has 0 aromatic carbocycles. The summed E-state index contributed by atoms with van der Waals surface area (Å²) in [7, 11) is 0. The summed E-state index contributed by atoms with van der Waals surface area (Å²) < 4.78 is 68.9. The summed E-state index contributed by atoms with van der Waals surface area (Å²) in [6.45, 7) is 7.76. The van der Waals surface area contributed by atoms with Crippen molar-refractivity contribution >= 4 is 17.9 Å². The molecule has 15 heteroatoms. The first kappa shape index (κ1) is 29.4. The van der Waals surface area contributed by atoms with Crippen molar-refractivity contribution in [2.24, 2.45) is 0 Å². The highest BCUT2D eigenvalue weighted by molar-refractivity contribution is 5.73. The molecule has 194 valence electrons. The highest BCUT2D eigenvalue weighted by Gasteiger charge is 2.38. The van der Waals surface area contributed by atoms with Crippen molar-refractivity contribution in [3.8, 4) is 0 Å². The van der Waals surface area contributed by atoms with E-state index in [1.54, 1.807) is 0 Å². The molecule has 2 aliphatic rings. The van der Waals surface area contributed by atoms with Crippen molar-refractivity contribution < 1.29 is 50.9 Å². The van der Waals surface area contributed by atoms with Gasteiger partial charge in [-0.2, -0.15) is 26.3 Å². The van der Waals surface area contributed by atoms with Crippen molar-refractivity contribution in [2.75, 3.05) is 31.2 Å². The number of anilines is 1. The lowest BCUT2D eigenvalue weighted by atomic mass is 9.92. The van der Waals surface area contributed by atoms with Crippen LogP contribution in [0.15, 0.2) is 6.20 Å². The molecule has 1 aromatic heterocycles. The van der Waals surface area contributed by atoms with Gasteiger partial charge in [-0.05, 0) is 24.8 Å². The van der Waals surface area contributed by atoms with Gasteiger partial charge in [0, 0.05) is 37.1 Å². The van der Waals surface area contributed by atoms with Gasteiger partial charge in [0.1, 0.15) is 0 Å². The number of hydrogen-bond donors (Lipinski definition) is 3. The third-order valence-electron chi connectivity index (χ3n) is 4.49. The zero-order valence-corrected chi connectivity index (χ0v) is 18.4. The highest BCUT2D eigenvalue weighted by Crippen LogP contribution is 2.22. The molecule has 0 spiro atoms. The van der Waals surface area contributed by atoms with E-state index in [1.165, 1.54) is 17.7 Å². The molecule has 1 saturated heterocycles. The topological polar surface area (TPSA) is 125 Å². The molecular weight excluding hydrogens is 478 g/mol. The number of carbonyl (C=O) groups is 2. The van der Waals surface area contributed by atoms with E-state index in [4.69, 9.17) is 29.5 Å². The fourth-order valence-corrected chi connectivity index (χ4v) is 3.03. The second-order valence-electron chi connectivity index (χ2n) is 7.61. The minimum atomic E-state index is -5.08. The highest BCUT2D eigenvalue weighted by atomic mass is 19.4. The number of aliphatic carboxylic acids is 2. The number of hydrogen-bond acceptors (Lipinski definition) is 7. The zero-order chi connectivity index (χ0) is 26.1. The Bertz CT molecular complexity index is 789. The molecule has 1 aliphatic heterocycles. The number of alkyl halides is 6. The normalized spacial score (nSPS) is 18.1. The van der Waals surface area contributed by atoms with Gasteiger partial charge in [0.05, 0.1) is 13.2 Å². The van der Waals surface area contributed by atoms with Gasteiger partial charge in [-0.15, -0.1) is 0 Å². The lowest BCUT2D eigenvalue weighted by Gasteiger charge is -2.29. The molecule has 1 unspecified atom stereocenters. The van der Waals surface area contributed by atoms with Crippen LogP contribution in [0, 0.1) is 0 Å². The van der Waals surface area contributed by atoms with Gasteiger partial charge >= 0.3 is 24.3 Å². The van der Waals surface area contributed by atoms with E-state index in [0.717, 1.165) is 45.1 Å². The van der Waals surface area contributed by atoms with Crippen molar-refractivity contribution in [3.63, 3.8) is 0 Å². The second-order valence-corrected chi connectivity index (χ2v) is 7.61. The lowest BCUT2D eigenvalue weighted by Crippen LogP contribution is -2.40. The van der Waals surface area contributed by atoms with Crippen LogP contribution < -0.4 is 10.2 Å². The fourth-order valence-electron chi connectivity index (χ4n) is 3.03. The van der Waals surface area contributed by atoms with Crippen molar-refractivity contribution in [3.05, 3.63) is 17.5 Å². The van der Waals surface area contributed by atoms with Gasteiger partial charge in [0.15, 0.2) is 0 Å². The fraction of sp³-hybridized carbons (Fsp3) is 0.684. The molecule has 1 aromatic rings. The van der Waals surface area contributed by atoms with Gasteiger partial charge in [0.2, 0.25) is 5.95 Å². The molecule has 1 atom stereocenters. The monoisotopic (exact) mass is 504 g/mol. The Morgan fingerprint density at radius 2 is 1.59 bits per heavy atom. The Labute approximate surface area is 191 Å². The third-order valence-corrected chi connectivity index (χ3v) is 4.49. The zero-order valence-electron chi connectivity index (χ0n) is 18.4. The van der Waals surface area contributed by atoms with Crippen LogP contribution in [0.2, 0.25) is 0 Å². The van der Waals surface area contributed by atoms with Crippen LogP contribution in [0.4, 0.5) is 32.3 Å². The minimum Gasteiger partial charge on any atom is -0.475 e. The molecule has 0 bridgehead atoms. The molecule has 0 saturated carbocycles. The number of morpholine rings is 1. The first-order valence-corrected chi connectivity index (χ1v) is 10.1. The van der Waals surface area contributed by atoms with Crippen LogP contribution in [0.25, 0.3) is 0 Å². The predicted octanol–water partition coefficient (Wildman–Crippen LogP) is 2.44. The quantitative estimate of drug-likeness (QED) is 0.533. The third kappa shape index (κ3) is 10.5. The summed E-state index contributed by atoms with van der Waals surface area (Å²) in [4.78, 5) is 29.4. The summed E-state index contributed by atoms with van der Waals surface area (Å²) in [5.41, 5.74) is 2.55. The Morgan fingerprint density at radius 3 is 2.03 bits per heavy atom. The average Bonchev–Trinajstić information content (AvgIpc) is 2.73. The molecule has 2 heterocycles. The van der Waals surface area contributed by atoms with Crippen molar-refractivity contribution in [2.45, 2.75) is 57.5 Å². The van der Waals surface area contributed by atoms with Crippen LogP contribution in [0.3, 0.4) is 0 Å². The van der Waals surface area contributed by atoms with E-state index in [1.807, 2.05) is 6.20 Å². The number of nitrogens with zero attached hydrogens (tertiary/aromatic N) is 3. The molecule has 0 radical (unpaired) electrons. The maximum absolute atomic E-state index is 10.6. The first-order chi connectivity index (χ1) is 15.6. The largest absolute Gasteiger partial charge is 0.490 e. The molecule has 3 rings (SSSR count). The maximum Gasteiger partial charge on any atom is 0.490 e. The maximum atomic E-state index is 10.6. The van der Waals surface area contributed by atoms with Crippen LogP contribution >= 0.6 is 0 Å². The van der Waals surface area contributed by atoms with Crippen LogP contribution in [0.5, 0.6) is 0 Å².